The lowest BCUT2D eigenvalue weighted by atomic mass is 9.88. The minimum Gasteiger partial charge on any atom is -0.465 e. The van der Waals surface area contributed by atoms with E-state index in [1.54, 1.807) is 11.0 Å². The van der Waals surface area contributed by atoms with Crippen molar-refractivity contribution in [3.63, 3.8) is 0 Å². The van der Waals surface area contributed by atoms with Crippen molar-refractivity contribution < 1.29 is 19.1 Å². The molecule has 1 atom stereocenters. The van der Waals surface area contributed by atoms with Crippen molar-refractivity contribution in [2.24, 2.45) is 0 Å². The van der Waals surface area contributed by atoms with Crippen LogP contribution in [0.1, 0.15) is 36.5 Å². The first-order valence-corrected chi connectivity index (χ1v) is 14.4. The van der Waals surface area contributed by atoms with Crippen LogP contribution in [-0.2, 0) is 24.2 Å². The zero-order valence-corrected chi connectivity index (χ0v) is 23.6. The number of halogens is 1. The first-order chi connectivity index (χ1) is 19.8. The van der Waals surface area contributed by atoms with Crippen LogP contribution < -0.4 is 5.32 Å². The molecule has 3 aromatic rings. The Bertz CT molecular complexity index is 1330. The molecule has 0 unspecified atom stereocenters. The minimum atomic E-state index is -0.871. The summed E-state index contributed by atoms with van der Waals surface area (Å²) in [4.78, 5) is 30.8. The molecule has 0 aliphatic carbocycles. The maximum Gasteiger partial charge on any atom is 0.407 e. The van der Waals surface area contributed by atoms with Gasteiger partial charge >= 0.3 is 6.09 Å². The Morgan fingerprint density at radius 3 is 2.29 bits per heavy atom. The zero-order chi connectivity index (χ0) is 28.8. The number of amides is 2. The van der Waals surface area contributed by atoms with Crippen molar-refractivity contribution in [2.45, 2.75) is 50.7 Å². The van der Waals surface area contributed by atoms with Crippen molar-refractivity contribution in [1.29, 1.82) is 0 Å². The fraction of sp³-hybridized carbons (Fsp3) is 0.394. The summed E-state index contributed by atoms with van der Waals surface area (Å²) in [5.74, 6) is -0.126. The molecule has 2 heterocycles. The number of anilines is 1. The highest BCUT2D eigenvalue weighted by Crippen LogP contribution is 2.27. The highest BCUT2D eigenvalue weighted by atomic mass is 19.1. The van der Waals surface area contributed by atoms with E-state index < -0.39 is 11.6 Å². The van der Waals surface area contributed by atoms with Crippen molar-refractivity contribution in [1.82, 2.24) is 14.7 Å². The van der Waals surface area contributed by atoms with Crippen LogP contribution in [-0.4, -0.2) is 76.1 Å². The summed E-state index contributed by atoms with van der Waals surface area (Å²) in [6, 6.07) is 25.0. The molecule has 0 saturated carbocycles. The SMILES string of the molecule is C[C@]1(Cc2ccccc2)CN(Cc2ccc(CC(=O)N3CCC(Nc4cccc(F)c4)CC3)cc2)CCN1C(=O)O. The number of carbonyl (C=O) groups excluding carboxylic acids is 1. The van der Waals surface area contributed by atoms with Crippen LogP contribution in [0.15, 0.2) is 78.9 Å². The Labute approximate surface area is 241 Å². The summed E-state index contributed by atoms with van der Waals surface area (Å²) in [6.07, 6.45) is 1.83. The largest absolute Gasteiger partial charge is 0.465 e. The van der Waals surface area contributed by atoms with E-state index >= 15 is 0 Å². The van der Waals surface area contributed by atoms with Crippen LogP contribution in [0.3, 0.4) is 0 Å². The van der Waals surface area contributed by atoms with E-state index in [9.17, 15) is 19.1 Å². The fourth-order valence-electron chi connectivity index (χ4n) is 6.20. The van der Waals surface area contributed by atoms with Gasteiger partial charge in [0.25, 0.3) is 0 Å². The third kappa shape index (κ3) is 7.44. The molecule has 2 aliphatic heterocycles. The van der Waals surface area contributed by atoms with Gasteiger partial charge in [0.1, 0.15) is 5.82 Å². The Hall–Kier alpha value is -3.91. The molecule has 7 nitrogen and oxygen atoms in total. The molecule has 2 amide bonds. The number of hydrogen-bond acceptors (Lipinski definition) is 4. The second kappa shape index (κ2) is 12.7. The van der Waals surface area contributed by atoms with E-state index in [2.05, 4.69) is 34.5 Å². The van der Waals surface area contributed by atoms with E-state index in [0.29, 0.717) is 45.6 Å². The highest BCUT2D eigenvalue weighted by Gasteiger charge is 2.40. The topological polar surface area (TPSA) is 76.1 Å². The molecule has 0 radical (unpaired) electrons. The monoisotopic (exact) mass is 558 g/mol. The van der Waals surface area contributed by atoms with Crippen LogP contribution in [0.4, 0.5) is 14.9 Å². The van der Waals surface area contributed by atoms with E-state index in [0.717, 1.165) is 41.8 Å². The van der Waals surface area contributed by atoms with Gasteiger partial charge in [0.15, 0.2) is 0 Å². The van der Waals surface area contributed by atoms with E-state index in [1.165, 1.54) is 12.1 Å². The van der Waals surface area contributed by atoms with Crippen molar-refractivity contribution in [3.05, 3.63) is 101 Å². The van der Waals surface area contributed by atoms with Crippen molar-refractivity contribution in [2.75, 3.05) is 38.0 Å². The molecule has 5 rings (SSSR count). The normalized spacial score (nSPS) is 20.1. The average molecular weight is 559 g/mol. The lowest BCUT2D eigenvalue weighted by Crippen LogP contribution is -2.63. The minimum absolute atomic E-state index is 0.128. The third-order valence-electron chi connectivity index (χ3n) is 8.34. The van der Waals surface area contributed by atoms with E-state index in [-0.39, 0.29) is 17.8 Å². The number of piperazine rings is 1. The number of hydrogen-bond donors (Lipinski definition) is 2. The summed E-state index contributed by atoms with van der Waals surface area (Å²) in [5, 5.41) is 13.2. The second-order valence-electron chi connectivity index (χ2n) is 11.6. The van der Waals surface area contributed by atoms with Crippen LogP contribution in [0, 0.1) is 5.82 Å². The van der Waals surface area contributed by atoms with Gasteiger partial charge in [0.2, 0.25) is 5.91 Å². The first-order valence-electron chi connectivity index (χ1n) is 14.4. The number of nitrogens with one attached hydrogen (secondary N) is 1. The standard InChI is InChI=1S/C33H39FN4O3/c1-33(22-26-6-3-2-4-7-26)24-36(18-19-38(33)32(40)41)23-27-12-10-25(11-13-27)20-31(39)37-16-14-29(15-17-37)35-30-9-5-8-28(34)21-30/h2-13,21,29,35H,14-20,22-24H2,1H3,(H,40,41)/t33-/m0/s1. The van der Waals surface area contributed by atoms with Gasteiger partial charge in [-0.2, -0.15) is 0 Å². The summed E-state index contributed by atoms with van der Waals surface area (Å²) in [6.45, 7) is 5.95. The quantitative estimate of drug-likeness (QED) is 0.394. The Balaban J connectivity index is 1.12. The average Bonchev–Trinajstić information content (AvgIpc) is 2.95. The van der Waals surface area contributed by atoms with Crippen LogP contribution in [0.5, 0.6) is 0 Å². The smallest absolute Gasteiger partial charge is 0.407 e. The predicted molar refractivity (Wildman–Crippen MR) is 158 cm³/mol. The zero-order valence-electron chi connectivity index (χ0n) is 23.6. The summed E-state index contributed by atoms with van der Waals surface area (Å²) >= 11 is 0. The molecule has 0 bridgehead atoms. The first kappa shape index (κ1) is 28.6. The maximum absolute atomic E-state index is 13.5. The Morgan fingerprint density at radius 2 is 1.61 bits per heavy atom. The van der Waals surface area contributed by atoms with Crippen LogP contribution in [0.2, 0.25) is 0 Å². The number of nitrogens with zero attached hydrogens (tertiary/aromatic N) is 3. The number of likely N-dealkylation sites (tertiary alicyclic amines) is 1. The lowest BCUT2D eigenvalue weighted by molar-refractivity contribution is -0.131. The molecule has 0 aromatic heterocycles. The molecule has 2 N–H and O–H groups in total. The van der Waals surface area contributed by atoms with Gasteiger partial charge in [0.05, 0.1) is 12.0 Å². The van der Waals surface area contributed by atoms with Gasteiger partial charge in [-0.3, -0.25) is 9.69 Å². The maximum atomic E-state index is 13.5. The molecular weight excluding hydrogens is 519 g/mol. The van der Waals surface area contributed by atoms with Crippen LogP contribution in [0.25, 0.3) is 0 Å². The third-order valence-corrected chi connectivity index (χ3v) is 8.34. The number of piperidine rings is 1. The summed E-state index contributed by atoms with van der Waals surface area (Å²) < 4.78 is 13.5. The van der Waals surface area contributed by atoms with Crippen molar-refractivity contribution in [3.8, 4) is 0 Å². The Morgan fingerprint density at radius 1 is 0.902 bits per heavy atom. The molecule has 2 fully saturated rings. The second-order valence-corrected chi connectivity index (χ2v) is 11.6. The lowest BCUT2D eigenvalue weighted by Gasteiger charge is -2.48. The molecule has 216 valence electrons. The van der Waals surface area contributed by atoms with Gasteiger partial charge in [-0.25, -0.2) is 9.18 Å². The van der Waals surface area contributed by atoms with Gasteiger partial charge in [-0.15, -0.1) is 0 Å². The number of benzene rings is 3. The number of carbonyl (C=O) groups is 2. The van der Waals surface area contributed by atoms with E-state index in [1.807, 2.05) is 48.2 Å². The predicted octanol–water partition coefficient (Wildman–Crippen LogP) is 5.27. The molecule has 2 saturated heterocycles. The van der Waals surface area contributed by atoms with E-state index in [4.69, 9.17) is 0 Å². The Kier molecular flexibility index (Phi) is 8.88. The molecule has 2 aliphatic rings. The van der Waals surface area contributed by atoms with Crippen molar-refractivity contribution >= 4 is 17.7 Å². The molecule has 3 aromatic carbocycles. The van der Waals surface area contributed by atoms with Gasteiger partial charge < -0.3 is 20.2 Å². The highest BCUT2D eigenvalue weighted by molar-refractivity contribution is 5.79. The summed E-state index contributed by atoms with van der Waals surface area (Å²) in [7, 11) is 0. The number of rotatable bonds is 8. The molecule has 8 heteroatoms. The molecule has 41 heavy (non-hydrogen) atoms. The molecule has 0 spiro atoms. The van der Waals surface area contributed by atoms with Gasteiger partial charge in [-0.05, 0) is 61.1 Å². The van der Waals surface area contributed by atoms with Crippen LogP contribution >= 0.6 is 0 Å². The number of carboxylic acid groups (broad SMARTS) is 1. The van der Waals surface area contributed by atoms with Gasteiger partial charge in [0, 0.05) is 51.0 Å². The summed E-state index contributed by atoms with van der Waals surface area (Å²) in [5.41, 5.74) is 3.53. The van der Waals surface area contributed by atoms with Gasteiger partial charge in [-0.1, -0.05) is 60.7 Å². The molecular formula is C33H39FN4O3. The fourth-order valence-corrected chi connectivity index (χ4v) is 6.20.